The van der Waals surface area contributed by atoms with E-state index in [2.05, 4.69) is 5.32 Å². The van der Waals surface area contributed by atoms with Crippen LogP contribution in [0.25, 0.3) is 0 Å². The van der Waals surface area contributed by atoms with Gasteiger partial charge >= 0.3 is 0 Å². The Balaban J connectivity index is 2.79. The Morgan fingerprint density at radius 2 is 2.08 bits per heavy atom. The molecule has 13 heavy (non-hydrogen) atoms. The monoisotopic (exact) mass is 221 g/mol. The molecule has 1 rings (SSSR count). The second-order valence-corrected chi connectivity index (χ2v) is 3.13. The first kappa shape index (κ1) is 10.3. The maximum atomic E-state index is 11.8. The van der Waals surface area contributed by atoms with E-state index in [1.807, 2.05) is 0 Å². The summed E-state index contributed by atoms with van der Waals surface area (Å²) >= 11 is 11.3. The third-order valence-electron chi connectivity index (χ3n) is 1.32. The third-order valence-corrected chi connectivity index (χ3v) is 2.06. The summed E-state index contributed by atoms with van der Waals surface area (Å²) in [5.41, 5.74) is 0.428. The molecule has 0 fully saturated rings. The molecule has 0 saturated carbocycles. The highest BCUT2D eigenvalue weighted by atomic mass is 35.5. The zero-order valence-corrected chi connectivity index (χ0v) is 7.99. The largest absolute Gasteiger partial charge is 0.324 e. The molecule has 1 N–H and O–H groups in total. The molecule has 0 saturated heterocycles. The first-order chi connectivity index (χ1) is 6.13. The quantitative estimate of drug-likeness (QED) is 0.818. The van der Waals surface area contributed by atoms with Gasteiger partial charge < -0.3 is 5.32 Å². The lowest BCUT2D eigenvalue weighted by molar-refractivity contribution is -0.117. The van der Waals surface area contributed by atoms with Gasteiger partial charge in [-0.05, 0) is 18.2 Å². The Morgan fingerprint density at radius 3 is 2.62 bits per heavy atom. The number of nitrogens with one attached hydrogen (secondary N) is 1. The van der Waals surface area contributed by atoms with Crippen LogP contribution in [0.4, 0.5) is 10.1 Å². The number of alkyl halides is 1. The summed E-state index contributed by atoms with van der Waals surface area (Å²) in [4.78, 5) is 10.6. The fourth-order valence-corrected chi connectivity index (χ4v) is 1.07. The molecule has 1 aromatic rings. The first-order valence-corrected chi connectivity index (χ1v) is 4.20. The number of rotatable bonds is 2. The standard InChI is InChI=1S/C8H6Cl2FNO/c9-6-2-1-5(3-7(6)10)12-8(13)4-11/h1-3H,4H2,(H,12,13). The van der Waals surface area contributed by atoms with Crippen LogP contribution in [0.2, 0.25) is 10.0 Å². The molecule has 1 aromatic carbocycles. The fraction of sp³-hybridized carbons (Fsp3) is 0.125. The van der Waals surface area contributed by atoms with Gasteiger partial charge in [0, 0.05) is 5.69 Å². The summed E-state index contributed by atoms with van der Waals surface area (Å²) in [6.07, 6.45) is 0. The van der Waals surface area contributed by atoms with Gasteiger partial charge in [-0.15, -0.1) is 0 Å². The van der Waals surface area contributed by atoms with E-state index in [0.717, 1.165) is 0 Å². The molecule has 2 nitrogen and oxygen atoms in total. The van der Waals surface area contributed by atoms with E-state index in [1.54, 1.807) is 6.07 Å². The van der Waals surface area contributed by atoms with Crippen molar-refractivity contribution in [2.24, 2.45) is 0 Å². The summed E-state index contributed by atoms with van der Waals surface area (Å²) in [6, 6.07) is 4.52. The molecule has 5 heteroatoms. The highest BCUT2D eigenvalue weighted by Crippen LogP contribution is 2.24. The summed E-state index contributed by atoms with van der Waals surface area (Å²) in [7, 11) is 0. The van der Waals surface area contributed by atoms with Gasteiger partial charge in [0.05, 0.1) is 10.0 Å². The average Bonchev–Trinajstić information content (AvgIpc) is 2.11. The van der Waals surface area contributed by atoms with Crippen LogP contribution in [0.3, 0.4) is 0 Å². The fourth-order valence-electron chi connectivity index (χ4n) is 0.768. The normalized spacial score (nSPS) is 9.77. The molecule has 0 unspecified atom stereocenters. The van der Waals surface area contributed by atoms with Crippen molar-refractivity contribution < 1.29 is 9.18 Å². The van der Waals surface area contributed by atoms with Gasteiger partial charge in [-0.25, -0.2) is 4.39 Å². The van der Waals surface area contributed by atoms with Gasteiger partial charge in [-0.2, -0.15) is 0 Å². The van der Waals surface area contributed by atoms with E-state index in [1.165, 1.54) is 12.1 Å². The lowest BCUT2D eigenvalue weighted by atomic mass is 10.3. The van der Waals surface area contributed by atoms with E-state index in [0.29, 0.717) is 15.7 Å². The Bertz CT molecular complexity index is 330. The van der Waals surface area contributed by atoms with Crippen molar-refractivity contribution in [3.8, 4) is 0 Å². The molecule has 0 aliphatic rings. The SMILES string of the molecule is O=C(CF)Nc1ccc(Cl)c(Cl)c1. The van der Waals surface area contributed by atoms with Gasteiger partial charge in [0.2, 0.25) is 0 Å². The average molecular weight is 222 g/mol. The summed E-state index contributed by atoms with van der Waals surface area (Å²) in [5, 5.41) is 3.01. The predicted molar refractivity (Wildman–Crippen MR) is 51.1 cm³/mol. The van der Waals surface area contributed by atoms with Crippen molar-refractivity contribution in [1.82, 2.24) is 0 Å². The predicted octanol–water partition coefficient (Wildman–Crippen LogP) is 2.90. The Hall–Kier alpha value is -0.800. The summed E-state index contributed by atoms with van der Waals surface area (Å²) < 4.78 is 11.8. The van der Waals surface area contributed by atoms with Crippen molar-refractivity contribution in [3.63, 3.8) is 0 Å². The van der Waals surface area contributed by atoms with Crippen LogP contribution in [0, 0.1) is 0 Å². The van der Waals surface area contributed by atoms with Gasteiger partial charge in [-0.1, -0.05) is 23.2 Å². The second kappa shape index (κ2) is 4.44. The maximum Gasteiger partial charge on any atom is 0.255 e. The molecule has 0 atom stereocenters. The molecule has 0 aliphatic heterocycles. The minimum atomic E-state index is -1.06. The van der Waals surface area contributed by atoms with Crippen LogP contribution >= 0.6 is 23.2 Å². The maximum absolute atomic E-state index is 11.8. The number of hydrogen-bond acceptors (Lipinski definition) is 1. The third kappa shape index (κ3) is 2.86. The highest BCUT2D eigenvalue weighted by molar-refractivity contribution is 6.42. The molecule has 0 bridgehead atoms. The van der Waals surface area contributed by atoms with Crippen LogP contribution in [0.1, 0.15) is 0 Å². The van der Waals surface area contributed by atoms with Crippen LogP contribution in [0.15, 0.2) is 18.2 Å². The summed E-state index contributed by atoms with van der Waals surface area (Å²) in [6.45, 7) is -1.06. The van der Waals surface area contributed by atoms with Crippen molar-refractivity contribution in [3.05, 3.63) is 28.2 Å². The minimum Gasteiger partial charge on any atom is -0.324 e. The molecule has 0 aliphatic carbocycles. The van der Waals surface area contributed by atoms with Gasteiger partial charge in [-0.3, -0.25) is 4.79 Å². The number of hydrogen-bond donors (Lipinski definition) is 1. The van der Waals surface area contributed by atoms with Crippen LogP contribution < -0.4 is 5.32 Å². The van der Waals surface area contributed by atoms with Crippen LogP contribution in [-0.4, -0.2) is 12.6 Å². The Labute approximate surface area is 84.6 Å². The van der Waals surface area contributed by atoms with Crippen molar-refractivity contribution in [2.45, 2.75) is 0 Å². The molecule has 1 amide bonds. The molecule has 0 spiro atoms. The first-order valence-electron chi connectivity index (χ1n) is 3.44. The lowest BCUT2D eigenvalue weighted by Crippen LogP contribution is -2.12. The summed E-state index contributed by atoms with van der Waals surface area (Å²) in [5.74, 6) is -0.710. The van der Waals surface area contributed by atoms with E-state index >= 15 is 0 Å². The van der Waals surface area contributed by atoms with Crippen LogP contribution in [-0.2, 0) is 4.79 Å². The number of benzene rings is 1. The minimum absolute atomic E-state index is 0.318. The van der Waals surface area contributed by atoms with Crippen LogP contribution in [0.5, 0.6) is 0 Å². The van der Waals surface area contributed by atoms with Crippen molar-refractivity contribution >= 4 is 34.8 Å². The lowest BCUT2D eigenvalue weighted by Gasteiger charge is -2.03. The smallest absolute Gasteiger partial charge is 0.255 e. The number of halogens is 3. The van der Waals surface area contributed by atoms with Gasteiger partial charge in [0.1, 0.15) is 0 Å². The van der Waals surface area contributed by atoms with Crippen molar-refractivity contribution in [2.75, 3.05) is 12.0 Å². The van der Waals surface area contributed by atoms with Gasteiger partial charge in [0.15, 0.2) is 6.67 Å². The van der Waals surface area contributed by atoms with E-state index in [9.17, 15) is 9.18 Å². The van der Waals surface area contributed by atoms with E-state index in [4.69, 9.17) is 23.2 Å². The molecule has 70 valence electrons. The Morgan fingerprint density at radius 1 is 1.38 bits per heavy atom. The zero-order chi connectivity index (χ0) is 9.84. The second-order valence-electron chi connectivity index (χ2n) is 2.31. The number of carbonyl (C=O) groups excluding carboxylic acids is 1. The molecule has 0 radical (unpaired) electrons. The highest BCUT2D eigenvalue weighted by Gasteiger charge is 2.02. The molecule has 0 heterocycles. The molecular weight excluding hydrogens is 216 g/mol. The Kier molecular flexibility index (Phi) is 3.51. The zero-order valence-electron chi connectivity index (χ0n) is 6.48. The number of anilines is 1. The number of amides is 1. The molecule has 0 aromatic heterocycles. The molecular formula is C8H6Cl2FNO. The topological polar surface area (TPSA) is 29.1 Å². The van der Waals surface area contributed by atoms with E-state index < -0.39 is 12.6 Å². The number of carbonyl (C=O) groups is 1. The van der Waals surface area contributed by atoms with Crippen molar-refractivity contribution in [1.29, 1.82) is 0 Å². The van der Waals surface area contributed by atoms with Gasteiger partial charge in [0.25, 0.3) is 5.91 Å². The van der Waals surface area contributed by atoms with E-state index in [-0.39, 0.29) is 0 Å².